The average Bonchev–Trinajstić information content (AvgIpc) is 2.03. The summed E-state index contributed by atoms with van der Waals surface area (Å²) in [5.41, 5.74) is 4.26. The van der Waals surface area contributed by atoms with Crippen LogP contribution >= 0.6 is 0 Å². The summed E-state index contributed by atoms with van der Waals surface area (Å²) in [4.78, 5) is 9.22. The molecule has 4 nitrogen and oxygen atoms in total. The molecule has 0 heterocycles. The fourth-order valence-corrected chi connectivity index (χ4v) is 2.33. The molecule has 0 radical (unpaired) electrons. The van der Waals surface area contributed by atoms with E-state index < -0.39 is 0 Å². The van der Waals surface area contributed by atoms with E-state index in [2.05, 4.69) is 12.7 Å². The summed E-state index contributed by atoms with van der Waals surface area (Å²) < 4.78 is 11.1. The molecule has 0 aromatic heterocycles. The number of amides is 1. The van der Waals surface area contributed by atoms with Crippen molar-refractivity contribution in [2.24, 2.45) is 5.73 Å². The van der Waals surface area contributed by atoms with Crippen molar-refractivity contribution in [1.82, 2.24) is 0 Å². The van der Waals surface area contributed by atoms with Gasteiger partial charge in [0.2, 0.25) is 5.91 Å². The van der Waals surface area contributed by atoms with Crippen LogP contribution in [0.15, 0.2) is 0 Å². The minimum Gasteiger partial charge on any atom is -0.370 e. The Morgan fingerprint density at radius 1 is 1.27 bits per heavy atom. The van der Waals surface area contributed by atoms with Crippen molar-refractivity contribution in [2.45, 2.75) is 45.9 Å². The lowest BCUT2D eigenvalue weighted by atomic mass is 10.3. The molecular formula is C10H25NO3Si. The maximum Gasteiger partial charge on any atom is 0.214 e. The lowest BCUT2D eigenvalue weighted by Crippen LogP contribution is -2.36. The smallest absolute Gasteiger partial charge is 0.214 e. The summed E-state index contributed by atoms with van der Waals surface area (Å²) in [7, 11) is 0.953. The fourth-order valence-electron chi connectivity index (χ4n) is 1.25. The Morgan fingerprint density at radius 3 is 1.80 bits per heavy atom. The average molecular weight is 235 g/mol. The van der Waals surface area contributed by atoms with E-state index in [4.69, 9.17) is 9.47 Å². The second-order valence-corrected chi connectivity index (χ2v) is 4.88. The van der Waals surface area contributed by atoms with Crippen LogP contribution in [-0.2, 0) is 14.3 Å². The van der Waals surface area contributed by atoms with E-state index in [-0.39, 0.29) is 11.3 Å². The molecule has 0 unspecified atom stereocenters. The molecule has 0 aliphatic carbocycles. The Kier molecular flexibility index (Phi) is 11.5. The first kappa shape index (κ1) is 17.0. The highest BCUT2D eigenvalue weighted by Crippen LogP contribution is 2.15. The molecule has 2 N–H and O–H groups in total. The van der Waals surface area contributed by atoms with E-state index in [9.17, 15) is 4.79 Å². The second kappa shape index (κ2) is 10.1. The zero-order valence-corrected chi connectivity index (χ0v) is 12.6. The van der Waals surface area contributed by atoms with Gasteiger partial charge in [0.05, 0.1) is 10.2 Å². The standard InChI is InChI=1S/C8H20O2Si.C2H5NO/c1-4-7-8(11,9-5-2)10-6-3;1-2(3)4/h4-7H2,1-3,11H3;1H3,(H2,3,4). The van der Waals surface area contributed by atoms with Crippen LogP contribution in [0.2, 0.25) is 0 Å². The summed E-state index contributed by atoms with van der Waals surface area (Å²) in [6, 6.07) is 0. The van der Waals surface area contributed by atoms with Gasteiger partial charge in [-0.1, -0.05) is 13.3 Å². The lowest BCUT2D eigenvalue weighted by Gasteiger charge is -2.29. The molecule has 0 aliphatic rings. The molecule has 0 saturated carbocycles. The number of hydrogen-bond acceptors (Lipinski definition) is 3. The molecule has 0 fully saturated rings. The van der Waals surface area contributed by atoms with Gasteiger partial charge in [0.1, 0.15) is 5.41 Å². The molecule has 0 aromatic rings. The van der Waals surface area contributed by atoms with Crippen LogP contribution in [0, 0.1) is 0 Å². The number of carbonyl (C=O) groups is 1. The Labute approximate surface area is 95.9 Å². The summed E-state index contributed by atoms with van der Waals surface area (Å²) in [5.74, 6) is -0.333. The third kappa shape index (κ3) is 13.6. The minimum atomic E-state index is -0.333. The highest BCUT2D eigenvalue weighted by atomic mass is 28.1. The predicted molar refractivity (Wildman–Crippen MR) is 65.7 cm³/mol. The summed E-state index contributed by atoms with van der Waals surface area (Å²) in [5, 5.41) is 0. The van der Waals surface area contributed by atoms with Crippen molar-refractivity contribution in [1.29, 1.82) is 0 Å². The number of carbonyl (C=O) groups excluding carboxylic acids is 1. The first-order valence-corrected chi connectivity index (χ1v) is 6.45. The van der Waals surface area contributed by atoms with Crippen LogP contribution in [-0.4, -0.2) is 34.8 Å². The summed E-state index contributed by atoms with van der Waals surface area (Å²) in [6.45, 7) is 9.00. The molecule has 0 aromatic carbocycles. The number of ether oxygens (including phenoxy) is 2. The topological polar surface area (TPSA) is 61.6 Å². The molecule has 0 atom stereocenters. The van der Waals surface area contributed by atoms with E-state index >= 15 is 0 Å². The van der Waals surface area contributed by atoms with Gasteiger partial charge in [-0.2, -0.15) is 0 Å². The SMILES string of the molecule is CC(N)=O.CCCC([SiH3])(OCC)OCC. The van der Waals surface area contributed by atoms with Gasteiger partial charge in [-0.25, -0.2) is 0 Å². The van der Waals surface area contributed by atoms with Crippen LogP contribution in [0.25, 0.3) is 0 Å². The minimum absolute atomic E-state index is 0.210. The maximum absolute atomic E-state index is 9.22. The zero-order valence-electron chi connectivity index (χ0n) is 10.6. The third-order valence-electron chi connectivity index (χ3n) is 1.60. The van der Waals surface area contributed by atoms with Crippen molar-refractivity contribution in [3.05, 3.63) is 0 Å². The maximum atomic E-state index is 9.22. The summed E-state index contributed by atoms with van der Waals surface area (Å²) >= 11 is 0. The quantitative estimate of drug-likeness (QED) is 0.534. The van der Waals surface area contributed by atoms with Crippen molar-refractivity contribution >= 4 is 16.1 Å². The highest BCUT2D eigenvalue weighted by molar-refractivity contribution is 6.13. The van der Waals surface area contributed by atoms with Gasteiger partial charge in [0, 0.05) is 20.1 Å². The number of rotatable bonds is 6. The van der Waals surface area contributed by atoms with Crippen LogP contribution in [0.5, 0.6) is 0 Å². The molecule has 0 rings (SSSR count). The van der Waals surface area contributed by atoms with E-state index in [0.717, 1.165) is 36.3 Å². The van der Waals surface area contributed by atoms with E-state index in [0.29, 0.717) is 0 Å². The first-order valence-electron chi connectivity index (χ1n) is 5.45. The van der Waals surface area contributed by atoms with Crippen molar-refractivity contribution in [3.8, 4) is 0 Å². The van der Waals surface area contributed by atoms with Gasteiger partial charge >= 0.3 is 0 Å². The van der Waals surface area contributed by atoms with Gasteiger partial charge in [-0.3, -0.25) is 4.79 Å². The molecule has 0 bridgehead atoms. The molecule has 5 heteroatoms. The Balaban J connectivity index is 0. The predicted octanol–water partition coefficient (Wildman–Crippen LogP) is 0.370. The number of nitrogens with two attached hydrogens (primary N) is 1. The lowest BCUT2D eigenvalue weighted by molar-refractivity contribution is -0.176. The van der Waals surface area contributed by atoms with E-state index in [1.807, 2.05) is 13.8 Å². The monoisotopic (exact) mass is 235 g/mol. The van der Waals surface area contributed by atoms with Crippen LogP contribution in [0.4, 0.5) is 0 Å². The number of hydrogen-bond donors (Lipinski definition) is 1. The molecule has 0 saturated heterocycles. The van der Waals surface area contributed by atoms with Gasteiger partial charge < -0.3 is 15.2 Å². The highest BCUT2D eigenvalue weighted by Gasteiger charge is 2.22. The van der Waals surface area contributed by atoms with E-state index in [1.54, 1.807) is 0 Å². The Hall–Kier alpha value is -0.393. The Bertz CT molecular complexity index is 144. The zero-order chi connectivity index (χ0) is 12.3. The van der Waals surface area contributed by atoms with Crippen molar-refractivity contribution in [2.75, 3.05) is 13.2 Å². The molecule has 0 spiro atoms. The molecule has 0 aliphatic heterocycles. The number of primary amides is 1. The normalized spacial score (nSPS) is 10.7. The van der Waals surface area contributed by atoms with Gasteiger partial charge in [-0.05, 0) is 20.3 Å². The van der Waals surface area contributed by atoms with Gasteiger partial charge in [0.15, 0.2) is 0 Å². The van der Waals surface area contributed by atoms with Crippen LogP contribution < -0.4 is 5.73 Å². The third-order valence-corrected chi connectivity index (χ3v) is 2.68. The Morgan fingerprint density at radius 2 is 1.60 bits per heavy atom. The summed E-state index contributed by atoms with van der Waals surface area (Å²) in [6.07, 6.45) is 2.16. The van der Waals surface area contributed by atoms with Gasteiger partial charge in [0.25, 0.3) is 0 Å². The van der Waals surface area contributed by atoms with Gasteiger partial charge in [-0.15, -0.1) is 0 Å². The molecule has 15 heavy (non-hydrogen) atoms. The molecular weight excluding hydrogens is 210 g/mol. The second-order valence-electron chi connectivity index (χ2n) is 3.36. The van der Waals surface area contributed by atoms with Crippen LogP contribution in [0.1, 0.15) is 40.5 Å². The van der Waals surface area contributed by atoms with Crippen molar-refractivity contribution in [3.63, 3.8) is 0 Å². The fraction of sp³-hybridized carbons (Fsp3) is 0.900. The molecule has 92 valence electrons. The molecule has 1 amide bonds. The largest absolute Gasteiger partial charge is 0.370 e. The van der Waals surface area contributed by atoms with Crippen LogP contribution in [0.3, 0.4) is 0 Å². The van der Waals surface area contributed by atoms with E-state index in [1.165, 1.54) is 6.92 Å². The first-order chi connectivity index (χ1) is 6.91. The van der Waals surface area contributed by atoms with Crippen molar-refractivity contribution < 1.29 is 14.3 Å².